The summed E-state index contributed by atoms with van der Waals surface area (Å²) < 4.78 is 13.3. The van der Waals surface area contributed by atoms with Crippen molar-refractivity contribution in [1.82, 2.24) is 19.9 Å². The van der Waals surface area contributed by atoms with Gasteiger partial charge in [-0.1, -0.05) is 25.5 Å². The minimum absolute atomic E-state index is 0.0916. The normalized spacial score (nSPS) is 17.7. The highest BCUT2D eigenvalue weighted by Gasteiger charge is 2.20. The second kappa shape index (κ2) is 10.0. The number of benzene rings is 1. The number of piperazine rings is 1. The van der Waals surface area contributed by atoms with Crippen LogP contribution in [0, 0.1) is 5.82 Å². The van der Waals surface area contributed by atoms with Crippen LogP contribution in [0.3, 0.4) is 0 Å². The average Bonchev–Trinajstić information content (AvgIpc) is 3.21. The summed E-state index contributed by atoms with van der Waals surface area (Å²) in [6, 6.07) is 6.36. The van der Waals surface area contributed by atoms with Crippen LogP contribution in [0.15, 0.2) is 40.9 Å². The van der Waals surface area contributed by atoms with Gasteiger partial charge in [-0.05, 0) is 49.7 Å². The number of hydrogen-bond acceptors (Lipinski definition) is 8. The lowest BCUT2D eigenvalue weighted by Gasteiger charge is -2.32. The second-order valence-electron chi connectivity index (χ2n) is 8.37. The molecule has 32 heavy (non-hydrogen) atoms. The lowest BCUT2D eigenvalue weighted by molar-refractivity contribution is 0.311. The Kier molecular flexibility index (Phi) is 6.94. The summed E-state index contributed by atoms with van der Waals surface area (Å²) in [7, 11) is 2.12. The van der Waals surface area contributed by atoms with Crippen LogP contribution >= 0.6 is 0 Å². The molecule has 8 nitrogen and oxygen atoms in total. The summed E-state index contributed by atoms with van der Waals surface area (Å²) >= 11 is 0. The molecule has 2 N–H and O–H groups in total. The van der Waals surface area contributed by atoms with Gasteiger partial charge < -0.3 is 20.4 Å². The molecule has 2 aliphatic rings. The molecule has 170 valence electrons. The fourth-order valence-corrected chi connectivity index (χ4v) is 3.80. The van der Waals surface area contributed by atoms with Crippen LogP contribution in [0.1, 0.15) is 38.3 Å². The van der Waals surface area contributed by atoms with Gasteiger partial charge in [0, 0.05) is 26.2 Å². The van der Waals surface area contributed by atoms with Gasteiger partial charge in [0.25, 0.3) is 0 Å². The maximum atomic E-state index is 13.3. The van der Waals surface area contributed by atoms with E-state index in [2.05, 4.69) is 60.4 Å². The smallest absolute Gasteiger partial charge is 0.234 e. The van der Waals surface area contributed by atoms with Gasteiger partial charge in [0.1, 0.15) is 11.7 Å². The highest BCUT2D eigenvalue weighted by Crippen LogP contribution is 2.21. The summed E-state index contributed by atoms with van der Waals surface area (Å²) in [6.45, 7) is 8.52. The number of aliphatic imine (C=N–C) groups is 1. The minimum Gasteiger partial charge on any atom is -0.348 e. The van der Waals surface area contributed by atoms with E-state index in [4.69, 9.17) is 0 Å². The third-order valence-corrected chi connectivity index (χ3v) is 5.73. The molecule has 0 bridgehead atoms. The first kappa shape index (κ1) is 22.1. The number of rotatable bonds is 7. The largest absolute Gasteiger partial charge is 0.348 e. The van der Waals surface area contributed by atoms with E-state index in [9.17, 15) is 4.39 Å². The van der Waals surface area contributed by atoms with E-state index in [1.54, 1.807) is 12.1 Å². The van der Waals surface area contributed by atoms with Crippen molar-refractivity contribution in [1.29, 1.82) is 0 Å². The number of anilines is 3. The molecule has 0 amide bonds. The van der Waals surface area contributed by atoms with Crippen molar-refractivity contribution >= 4 is 23.7 Å². The Hall–Kier alpha value is -3.07. The van der Waals surface area contributed by atoms with Gasteiger partial charge in [-0.3, -0.25) is 4.99 Å². The summed E-state index contributed by atoms with van der Waals surface area (Å²) in [5.41, 5.74) is 2.27. The number of halogens is 1. The zero-order valence-corrected chi connectivity index (χ0v) is 19.0. The Labute approximate surface area is 188 Å². The van der Waals surface area contributed by atoms with Crippen LogP contribution in [0.5, 0.6) is 0 Å². The summed E-state index contributed by atoms with van der Waals surface area (Å²) in [5.74, 6) is 2.11. The van der Waals surface area contributed by atoms with Crippen LogP contribution in [-0.4, -0.2) is 65.5 Å². The molecule has 1 aromatic carbocycles. The standard InChI is InChI=1S/C23H31FN8/c1-4-5-17-14-20(25-15-17)27-22-28-21(26-16(2)18-6-8-19(24)9-7-18)29-23(30-22)32-12-10-31(3)11-13-32/h6-9,14,16H,4-5,10-13,15H2,1-3H3,(H2,25,26,27,28,29,30). The van der Waals surface area contributed by atoms with Gasteiger partial charge in [0.2, 0.25) is 17.8 Å². The summed E-state index contributed by atoms with van der Waals surface area (Å²) in [4.78, 5) is 23.0. The fourth-order valence-electron chi connectivity index (χ4n) is 3.80. The van der Waals surface area contributed by atoms with Gasteiger partial charge in [-0.15, -0.1) is 0 Å². The molecule has 3 heterocycles. The molecule has 0 saturated carbocycles. The van der Waals surface area contributed by atoms with E-state index < -0.39 is 0 Å². The van der Waals surface area contributed by atoms with E-state index in [0.717, 1.165) is 57.0 Å². The molecule has 2 aliphatic heterocycles. The molecule has 0 radical (unpaired) electrons. The van der Waals surface area contributed by atoms with Crippen molar-refractivity contribution in [3.05, 3.63) is 47.3 Å². The Morgan fingerprint density at radius 1 is 1.03 bits per heavy atom. The van der Waals surface area contributed by atoms with Crippen LogP contribution in [0.2, 0.25) is 0 Å². The predicted octanol–water partition coefficient (Wildman–Crippen LogP) is 3.49. The molecule has 0 aliphatic carbocycles. The predicted molar refractivity (Wildman–Crippen MR) is 127 cm³/mol. The van der Waals surface area contributed by atoms with Gasteiger partial charge in [0.15, 0.2) is 0 Å². The number of amidine groups is 1. The van der Waals surface area contributed by atoms with Crippen LogP contribution in [0.4, 0.5) is 22.2 Å². The number of aromatic nitrogens is 3. The number of likely N-dealkylation sites (N-methyl/N-ethyl adjacent to an activating group) is 1. The molecule has 1 fully saturated rings. The average molecular weight is 439 g/mol. The van der Waals surface area contributed by atoms with Gasteiger partial charge >= 0.3 is 0 Å². The van der Waals surface area contributed by atoms with Crippen molar-refractivity contribution in [2.45, 2.75) is 32.7 Å². The maximum absolute atomic E-state index is 13.3. The molecule has 1 aromatic heterocycles. The zero-order chi connectivity index (χ0) is 22.5. The highest BCUT2D eigenvalue weighted by molar-refractivity contribution is 6.04. The third kappa shape index (κ3) is 5.59. The van der Waals surface area contributed by atoms with Crippen molar-refractivity contribution in [2.75, 3.05) is 55.3 Å². The molecule has 9 heteroatoms. The molecule has 1 atom stereocenters. The van der Waals surface area contributed by atoms with E-state index in [-0.39, 0.29) is 11.9 Å². The summed E-state index contributed by atoms with van der Waals surface area (Å²) in [5, 5.41) is 6.61. The second-order valence-corrected chi connectivity index (χ2v) is 8.37. The lowest BCUT2D eigenvalue weighted by Crippen LogP contribution is -2.45. The number of nitrogens with one attached hydrogen (secondary N) is 2. The Morgan fingerprint density at radius 2 is 1.75 bits per heavy atom. The quantitative estimate of drug-likeness (QED) is 0.685. The molecular weight excluding hydrogens is 407 g/mol. The third-order valence-electron chi connectivity index (χ3n) is 5.73. The molecule has 1 unspecified atom stereocenters. The van der Waals surface area contributed by atoms with E-state index in [1.807, 2.05) is 6.92 Å². The Bertz CT molecular complexity index is 980. The first-order valence-electron chi connectivity index (χ1n) is 11.2. The SMILES string of the molecule is CCCC1=CC(Nc2nc(NC(C)c3ccc(F)cc3)nc(N3CCN(C)CC3)n2)=NC1. The van der Waals surface area contributed by atoms with E-state index in [1.165, 1.54) is 17.7 Å². The van der Waals surface area contributed by atoms with Crippen molar-refractivity contribution in [3.63, 3.8) is 0 Å². The molecule has 4 rings (SSSR count). The van der Waals surface area contributed by atoms with Crippen LogP contribution in [-0.2, 0) is 0 Å². The number of hydrogen-bond donors (Lipinski definition) is 2. The molecule has 0 spiro atoms. The molecular formula is C23H31FN8. The minimum atomic E-state index is -0.252. The first-order chi connectivity index (χ1) is 15.5. The summed E-state index contributed by atoms with van der Waals surface area (Å²) in [6.07, 6.45) is 4.22. The zero-order valence-electron chi connectivity index (χ0n) is 19.0. The van der Waals surface area contributed by atoms with Gasteiger partial charge in [-0.25, -0.2) is 4.39 Å². The lowest BCUT2D eigenvalue weighted by atomic mass is 10.1. The van der Waals surface area contributed by atoms with Crippen molar-refractivity contribution < 1.29 is 4.39 Å². The van der Waals surface area contributed by atoms with Crippen LogP contribution < -0.4 is 15.5 Å². The monoisotopic (exact) mass is 438 g/mol. The maximum Gasteiger partial charge on any atom is 0.234 e. The Balaban J connectivity index is 1.56. The molecule has 1 saturated heterocycles. The topological polar surface area (TPSA) is 81.6 Å². The number of nitrogens with zero attached hydrogens (tertiary/aromatic N) is 6. The van der Waals surface area contributed by atoms with Crippen molar-refractivity contribution in [3.8, 4) is 0 Å². The van der Waals surface area contributed by atoms with E-state index in [0.29, 0.717) is 17.8 Å². The Morgan fingerprint density at radius 3 is 2.47 bits per heavy atom. The van der Waals surface area contributed by atoms with E-state index >= 15 is 0 Å². The van der Waals surface area contributed by atoms with Crippen LogP contribution in [0.25, 0.3) is 0 Å². The van der Waals surface area contributed by atoms with Gasteiger partial charge in [-0.2, -0.15) is 15.0 Å². The fraction of sp³-hybridized carbons (Fsp3) is 0.478. The van der Waals surface area contributed by atoms with Gasteiger partial charge in [0.05, 0.1) is 12.6 Å². The molecule has 2 aromatic rings. The van der Waals surface area contributed by atoms with Crippen molar-refractivity contribution in [2.24, 2.45) is 4.99 Å². The highest BCUT2D eigenvalue weighted by atomic mass is 19.1. The first-order valence-corrected chi connectivity index (χ1v) is 11.2.